The van der Waals surface area contributed by atoms with Crippen LogP contribution in [0.1, 0.15) is 16.7 Å². The topological polar surface area (TPSA) is 26.3 Å². The van der Waals surface area contributed by atoms with E-state index >= 15 is 0 Å². The summed E-state index contributed by atoms with van der Waals surface area (Å²) >= 11 is 0. The highest BCUT2D eigenvalue weighted by molar-refractivity contribution is 5.84. The number of hydrogen-bond donors (Lipinski definition) is 0. The van der Waals surface area contributed by atoms with Crippen molar-refractivity contribution >= 4 is 12.4 Å². The summed E-state index contributed by atoms with van der Waals surface area (Å²) in [4.78, 5) is 10.8. The second kappa shape index (κ2) is 5.46. The third kappa shape index (κ3) is 2.62. The molecule has 0 saturated carbocycles. The highest BCUT2D eigenvalue weighted by atomic mass is 16.5. The molecule has 3 rings (SSSR count). The molecule has 0 aliphatic carbocycles. The molecule has 0 N–H and O–H groups in total. The summed E-state index contributed by atoms with van der Waals surface area (Å²) in [7, 11) is 0. The van der Waals surface area contributed by atoms with Crippen LogP contribution in [0.4, 0.5) is 0 Å². The van der Waals surface area contributed by atoms with Crippen LogP contribution in [0.25, 0.3) is 6.08 Å². The van der Waals surface area contributed by atoms with Crippen LogP contribution in [0.15, 0.2) is 54.1 Å². The van der Waals surface area contributed by atoms with E-state index in [0.29, 0.717) is 12.2 Å². The zero-order valence-corrected chi connectivity index (χ0v) is 10.8. The van der Waals surface area contributed by atoms with Gasteiger partial charge < -0.3 is 4.74 Å². The number of rotatable bonds is 1. The van der Waals surface area contributed by atoms with E-state index < -0.39 is 0 Å². The van der Waals surface area contributed by atoms with Gasteiger partial charge in [-0.3, -0.25) is 4.79 Å². The van der Waals surface area contributed by atoms with Crippen molar-refractivity contribution < 1.29 is 9.53 Å². The first kappa shape index (κ1) is 12.3. The average Bonchev–Trinajstić information content (AvgIpc) is 2.53. The Labute approximate surface area is 117 Å². The molecule has 1 heterocycles. The van der Waals surface area contributed by atoms with Gasteiger partial charge in [-0.2, -0.15) is 0 Å². The molecule has 96 valence electrons. The third-order valence-corrected chi connectivity index (χ3v) is 3.02. The van der Waals surface area contributed by atoms with E-state index in [1.165, 1.54) is 0 Å². The molecule has 0 fully saturated rings. The molecule has 1 aliphatic rings. The smallest absolute Gasteiger partial charge is 0.149 e. The fourth-order valence-electron chi connectivity index (χ4n) is 2.01. The minimum Gasteiger partial charge on any atom is -0.488 e. The molecule has 2 aromatic rings. The molecule has 2 aromatic carbocycles. The van der Waals surface area contributed by atoms with Crippen LogP contribution in [0.5, 0.6) is 5.75 Å². The average molecular weight is 260 g/mol. The van der Waals surface area contributed by atoms with Crippen molar-refractivity contribution in [1.29, 1.82) is 0 Å². The summed E-state index contributed by atoms with van der Waals surface area (Å²) in [5.74, 6) is 7.03. The first-order valence-electron chi connectivity index (χ1n) is 6.35. The van der Waals surface area contributed by atoms with Gasteiger partial charge in [-0.1, -0.05) is 30.0 Å². The maximum atomic E-state index is 10.8. The number of benzene rings is 2. The Morgan fingerprint density at radius 3 is 2.60 bits per heavy atom. The second-order valence-electron chi connectivity index (χ2n) is 4.49. The largest absolute Gasteiger partial charge is 0.488 e. The van der Waals surface area contributed by atoms with Gasteiger partial charge in [-0.05, 0) is 36.4 Å². The number of carbonyl (C=O) groups excluding carboxylic acids is 1. The predicted octanol–water partition coefficient (Wildman–Crippen LogP) is 3.06. The summed E-state index contributed by atoms with van der Waals surface area (Å²) in [5.41, 5.74) is 3.43. The number of hydrogen-bond acceptors (Lipinski definition) is 2. The zero-order valence-electron chi connectivity index (χ0n) is 10.8. The summed E-state index contributed by atoms with van der Waals surface area (Å²) in [6, 6.07) is 15.6. The second-order valence-corrected chi connectivity index (χ2v) is 4.49. The lowest BCUT2D eigenvalue weighted by molar-refractivity contribution is -0.105. The fourth-order valence-corrected chi connectivity index (χ4v) is 2.01. The summed E-state index contributed by atoms with van der Waals surface area (Å²) < 4.78 is 5.50. The number of fused-ring (bicyclic) bond motifs is 1. The Kier molecular flexibility index (Phi) is 3.34. The van der Waals surface area contributed by atoms with E-state index in [1.807, 2.05) is 54.6 Å². The summed E-state index contributed by atoms with van der Waals surface area (Å²) in [6.07, 6.45) is 2.67. The normalized spacial score (nSPS) is 12.3. The molecule has 0 aromatic heterocycles. The van der Waals surface area contributed by atoms with Gasteiger partial charge in [0, 0.05) is 22.3 Å². The molecule has 1 aliphatic heterocycles. The highest BCUT2D eigenvalue weighted by Crippen LogP contribution is 2.26. The van der Waals surface area contributed by atoms with E-state index in [0.717, 1.165) is 28.7 Å². The molecule has 0 unspecified atom stereocenters. The van der Waals surface area contributed by atoms with E-state index in [-0.39, 0.29) is 0 Å². The quantitative estimate of drug-likeness (QED) is 0.582. The Balaban J connectivity index is 1.92. The first-order valence-corrected chi connectivity index (χ1v) is 6.35. The van der Waals surface area contributed by atoms with E-state index in [1.54, 1.807) is 0 Å². The van der Waals surface area contributed by atoms with Crippen LogP contribution < -0.4 is 4.74 Å². The Morgan fingerprint density at radius 1 is 1.00 bits per heavy atom. The minimum absolute atomic E-state index is 0.339. The van der Waals surface area contributed by atoms with Crippen LogP contribution in [0.3, 0.4) is 0 Å². The van der Waals surface area contributed by atoms with Crippen molar-refractivity contribution in [1.82, 2.24) is 0 Å². The monoisotopic (exact) mass is 260 g/mol. The van der Waals surface area contributed by atoms with Crippen molar-refractivity contribution in [3.8, 4) is 17.6 Å². The molecule has 0 radical (unpaired) electrons. The molecule has 0 atom stereocenters. The van der Waals surface area contributed by atoms with Crippen LogP contribution in [-0.2, 0) is 4.79 Å². The molecule has 20 heavy (non-hydrogen) atoms. The van der Waals surface area contributed by atoms with E-state index in [2.05, 4.69) is 11.8 Å². The molecule has 0 saturated heterocycles. The van der Waals surface area contributed by atoms with Crippen molar-refractivity contribution in [3.63, 3.8) is 0 Å². The SMILES string of the molecule is O=CC1=Cc2cc(C#Cc3ccccc3)ccc2OC1. The van der Waals surface area contributed by atoms with Crippen LogP contribution >= 0.6 is 0 Å². The number of carbonyl (C=O) groups is 1. The van der Waals surface area contributed by atoms with Crippen molar-refractivity contribution in [2.45, 2.75) is 0 Å². The van der Waals surface area contributed by atoms with Crippen LogP contribution in [-0.4, -0.2) is 12.9 Å². The van der Waals surface area contributed by atoms with Crippen molar-refractivity contribution in [2.24, 2.45) is 0 Å². The lowest BCUT2D eigenvalue weighted by atomic mass is 10.0. The third-order valence-electron chi connectivity index (χ3n) is 3.02. The number of aldehydes is 1. The van der Waals surface area contributed by atoms with Gasteiger partial charge in [0.2, 0.25) is 0 Å². The van der Waals surface area contributed by atoms with Gasteiger partial charge in [0.25, 0.3) is 0 Å². The predicted molar refractivity (Wildman–Crippen MR) is 78.4 cm³/mol. The maximum absolute atomic E-state index is 10.8. The highest BCUT2D eigenvalue weighted by Gasteiger charge is 2.10. The molecule has 0 bridgehead atoms. The lowest BCUT2D eigenvalue weighted by Gasteiger charge is -2.14. The molecule has 2 nitrogen and oxygen atoms in total. The molecular formula is C18H12O2. The fraction of sp³-hybridized carbons (Fsp3) is 0.0556. The van der Waals surface area contributed by atoms with Crippen LogP contribution in [0.2, 0.25) is 0 Å². The summed E-state index contributed by atoms with van der Waals surface area (Å²) in [5, 5.41) is 0. The minimum atomic E-state index is 0.339. The molecule has 0 spiro atoms. The Bertz CT molecular complexity index is 731. The number of ether oxygens (including phenoxy) is 1. The Morgan fingerprint density at radius 2 is 1.80 bits per heavy atom. The first-order chi connectivity index (χ1) is 9.85. The van der Waals surface area contributed by atoms with Gasteiger partial charge in [0.15, 0.2) is 0 Å². The molecule has 0 amide bonds. The van der Waals surface area contributed by atoms with Gasteiger partial charge in [-0.15, -0.1) is 0 Å². The maximum Gasteiger partial charge on any atom is 0.149 e. The molecular weight excluding hydrogens is 248 g/mol. The van der Waals surface area contributed by atoms with E-state index in [9.17, 15) is 4.79 Å². The van der Waals surface area contributed by atoms with Crippen molar-refractivity contribution in [2.75, 3.05) is 6.61 Å². The standard InChI is InChI=1S/C18H12O2/c19-12-16-11-17-10-15(8-9-18(17)20-13-16)7-6-14-4-2-1-3-5-14/h1-5,8-12H,13H2. The van der Waals surface area contributed by atoms with Crippen LogP contribution in [0, 0.1) is 11.8 Å². The van der Waals surface area contributed by atoms with Gasteiger partial charge in [0.1, 0.15) is 18.6 Å². The van der Waals surface area contributed by atoms with Crippen molar-refractivity contribution in [3.05, 3.63) is 70.8 Å². The Hall–Kier alpha value is -2.79. The van der Waals surface area contributed by atoms with Gasteiger partial charge in [-0.25, -0.2) is 0 Å². The zero-order chi connectivity index (χ0) is 13.8. The van der Waals surface area contributed by atoms with E-state index in [4.69, 9.17) is 4.74 Å². The summed E-state index contributed by atoms with van der Waals surface area (Å²) in [6.45, 7) is 0.339. The molecule has 2 heteroatoms. The lowest BCUT2D eigenvalue weighted by Crippen LogP contribution is -2.07. The van der Waals surface area contributed by atoms with Gasteiger partial charge in [0.05, 0.1) is 0 Å². The van der Waals surface area contributed by atoms with Gasteiger partial charge >= 0.3 is 0 Å².